The number of nitrogens with one attached hydrogen (secondary N) is 6. The molecule has 0 bridgehead atoms. The normalized spacial score (nSPS) is 11.2. The van der Waals surface area contributed by atoms with Crippen LogP contribution in [0, 0.1) is 0 Å². The molecule has 12 heteroatoms. The van der Waals surface area contributed by atoms with Crippen LogP contribution in [-0.4, -0.2) is 57.0 Å². The highest BCUT2D eigenvalue weighted by Crippen LogP contribution is 2.15. The summed E-state index contributed by atoms with van der Waals surface area (Å²) >= 11 is 16.5. The minimum absolute atomic E-state index is 0.248. The molecule has 0 aliphatic rings. The van der Waals surface area contributed by atoms with Gasteiger partial charge in [-0.3, -0.25) is 14.4 Å². The molecule has 0 radical (unpaired) electrons. The first-order valence-electron chi connectivity index (χ1n) is 23.0. The molecule has 0 fully saturated rings. The summed E-state index contributed by atoms with van der Waals surface area (Å²) in [4.78, 5) is 47.8. The van der Waals surface area contributed by atoms with Gasteiger partial charge in [0.1, 0.15) is 0 Å². The molecule has 3 amide bonds. The van der Waals surface area contributed by atoms with E-state index in [9.17, 15) is 14.4 Å². The summed E-state index contributed by atoms with van der Waals surface area (Å²) in [5.41, 5.74) is 1.04. The van der Waals surface area contributed by atoms with Crippen molar-refractivity contribution in [1.29, 1.82) is 0 Å². The molecule has 1 aromatic rings. The van der Waals surface area contributed by atoms with Crippen LogP contribution >= 0.6 is 35.3 Å². The van der Waals surface area contributed by atoms with Crippen LogP contribution < -0.4 is 30.5 Å². The van der Waals surface area contributed by atoms with E-state index in [2.05, 4.69) is 30.5 Å². The molecule has 1 rings (SSSR count). The zero-order valence-electron chi connectivity index (χ0n) is 35.5. The number of halogens is 3. The third-order valence-electron chi connectivity index (χ3n) is 10.7. The summed E-state index contributed by atoms with van der Waals surface area (Å²) in [6.45, 7) is 4.35. The molecule has 9 nitrogen and oxygen atoms in total. The number of benzene rings is 1. The minimum Gasteiger partial charge on any atom is -0.352 e. The Labute approximate surface area is 363 Å². The van der Waals surface area contributed by atoms with E-state index in [4.69, 9.17) is 35.3 Å². The van der Waals surface area contributed by atoms with Gasteiger partial charge in [0.15, 0.2) is 0 Å². The Kier molecular flexibility index (Phi) is 38.5. The maximum Gasteiger partial charge on any atom is 0.251 e. The summed E-state index contributed by atoms with van der Waals surface area (Å²) in [7, 11) is 0. The van der Waals surface area contributed by atoms with Gasteiger partial charge in [0.05, 0.1) is 0 Å². The Hall–Kier alpha value is -1.62. The van der Waals surface area contributed by atoms with Crippen LogP contribution in [-0.2, 0) is 0 Å². The summed E-state index contributed by atoms with van der Waals surface area (Å²) in [5.74, 6) is -0.743. The first kappa shape index (κ1) is 53.4. The molecule has 0 aromatic heterocycles. The van der Waals surface area contributed by atoms with E-state index in [0.717, 1.165) is 96.7 Å². The summed E-state index contributed by atoms with van der Waals surface area (Å²) in [5, 5.41) is 9.08. The van der Waals surface area contributed by atoms with Crippen LogP contribution in [0.4, 0.5) is 0 Å². The second-order valence-corrected chi connectivity index (χ2v) is 16.6. The highest BCUT2D eigenvalue weighted by Gasteiger charge is 2.16. The number of hydrogen-bond donors (Lipinski definition) is 6. The monoisotopic (exact) mass is 859 g/mol. The first-order chi connectivity index (χ1) is 28.0. The number of amides is 3. The predicted molar refractivity (Wildman–Crippen MR) is 244 cm³/mol. The van der Waals surface area contributed by atoms with Gasteiger partial charge in [-0.25, -0.2) is 14.5 Å². The average molecular weight is 861 g/mol. The van der Waals surface area contributed by atoms with Crippen molar-refractivity contribution >= 4 is 53.1 Å². The van der Waals surface area contributed by atoms with Gasteiger partial charge in [0, 0.05) is 56.0 Å². The standard InChI is InChI=1S/C45H81Cl3N6O3/c46-52-34-28-22-16-10-4-1-7-13-19-25-31-49-43(55)40-37-41(44(56)50-32-26-20-14-8-2-5-11-17-23-29-35-53-47)39-42(38-40)45(57)51-33-27-21-15-9-3-6-12-18-24-30-36-54-48/h37-39,52-54H,1-36H2,(H,49,55)(H,50,56)(H,51,57). The van der Waals surface area contributed by atoms with Crippen molar-refractivity contribution < 1.29 is 14.4 Å². The smallest absolute Gasteiger partial charge is 0.251 e. The quantitative estimate of drug-likeness (QED) is 0.0287. The predicted octanol–water partition coefficient (Wildman–Crippen LogP) is 11.8. The van der Waals surface area contributed by atoms with E-state index in [1.165, 1.54) is 116 Å². The molecule has 1 aromatic carbocycles. The molecule has 330 valence electrons. The molecule has 0 spiro atoms. The average Bonchev–Trinajstić information content (AvgIpc) is 3.22. The summed E-state index contributed by atoms with van der Waals surface area (Å²) in [6, 6.07) is 4.87. The Bertz CT molecular complexity index is 971. The van der Waals surface area contributed by atoms with Crippen LogP contribution in [0.15, 0.2) is 18.2 Å². The van der Waals surface area contributed by atoms with E-state index in [1.54, 1.807) is 18.2 Å². The first-order valence-corrected chi connectivity index (χ1v) is 24.2. The maximum atomic E-state index is 13.3. The molecule has 0 aliphatic heterocycles. The van der Waals surface area contributed by atoms with E-state index in [1.807, 2.05) is 0 Å². The van der Waals surface area contributed by atoms with Gasteiger partial charge in [-0.2, -0.15) is 0 Å². The van der Waals surface area contributed by atoms with E-state index < -0.39 is 0 Å². The Balaban J connectivity index is 2.51. The summed E-state index contributed by atoms with van der Waals surface area (Å²) in [6.07, 6.45) is 35.4. The summed E-state index contributed by atoms with van der Waals surface area (Å²) < 4.78 is 0. The van der Waals surface area contributed by atoms with Crippen molar-refractivity contribution in [2.24, 2.45) is 0 Å². The van der Waals surface area contributed by atoms with Crippen LogP contribution in [0.3, 0.4) is 0 Å². The van der Waals surface area contributed by atoms with Gasteiger partial charge in [-0.05, 0) is 92.1 Å². The third kappa shape index (κ3) is 32.9. The third-order valence-corrected chi connectivity index (χ3v) is 11.2. The molecular weight excluding hydrogens is 779 g/mol. The zero-order valence-corrected chi connectivity index (χ0v) is 37.8. The van der Waals surface area contributed by atoms with Gasteiger partial charge in [0.25, 0.3) is 17.7 Å². The van der Waals surface area contributed by atoms with Crippen LogP contribution in [0.25, 0.3) is 0 Å². The van der Waals surface area contributed by atoms with Gasteiger partial charge >= 0.3 is 0 Å². The lowest BCUT2D eigenvalue weighted by atomic mass is 10.0. The van der Waals surface area contributed by atoms with Crippen LogP contribution in [0.2, 0.25) is 0 Å². The van der Waals surface area contributed by atoms with Gasteiger partial charge in [0.2, 0.25) is 0 Å². The van der Waals surface area contributed by atoms with Gasteiger partial charge < -0.3 is 16.0 Å². The topological polar surface area (TPSA) is 123 Å². The van der Waals surface area contributed by atoms with Gasteiger partial charge in [-0.15, -0.1) is 0 Å². The molecule has 0 aliphatic carbocycles. The van der Waals surface area contributed by atoms with Crippen molar-refractivity contribution in [3.8, 4) is 0 Å². The molecular formula is C45H81Cl3N6O3. The van der Waals surface area contributed by atoms with Crippen LogP contribution in [0.5, 0.6) is 0 Å². The van der Waals surface area contributed by atoms with E-state index in [-0.39, 0.29) is 17.7 Å². The Morgan fingerprint density at radius 1 is 0.281 bits per heavy atom. The fourth-order valence-corrected chi connectivity index (χ4v) is 7.53. The molecule has 0 atom stereocenters. The lowest BCUT2D eigenvalue weighted by Gasteiger charge is -2.12. The molecule has 0 unspecified atom stereocenters. The molecule has 0 saturated heterocycles. The second kappa shape index (κ2) is 41.1. The van der Waals surface area contributed by atoms with E-state index >= 15 is 0 Å². The molecule has 6 N–H and O–H groups in total. The van der Waals surface area contributed by atoms with Crippen molar-refractivity contribution in [1.82, 2.24) is 30.5 Å². The fraction of sp³-hybridized carbons (Fsp3) is 0.800. The Morgan fingerprint density at radius 3 is 0.614 bits per heavy atom. The molecule has 0 heterocycles. The lowest BCUT2D eigenvalue weighted by Crippen LogP contribution is -2.29. The zero-order chi connectivity index (χ0) is 41.3. The number of hydrogen-bond acceptors (Lipinski definition) is 6. The molecule has 57 heavy (non-hydrogen) atoms. The van der Waals surface area contributed by atoms with E-state index in [0.29, 0.717) is 36.3 Å². The minimum atomic E-state index is -0.248. The SMILES string of the molecule is O=C(NCCCCCCCCCCCCNCl)c1cc(C(=O)NCCCCCCCCCCCCNCl)cc(C(=O)NCCCCCCCCCCCCNCl)c1. The maximum absolute atomic E-state index is 13.3. The lowest BCUT2D eigenvalue weighted by molar-refractivity contribution is 0.0952. The van der Waals surface area contributed by atoms with Crippen molar-refractivity contribution in [2.45, 2.75) is 193 Å². The highest BCUT2D eigenvalue weighted by molar-refractivity contribution is 6.13. The van der Waals surface area contributed by atoms with Crippen molar-refractivity contribution in [2.75, 3.05) is 39.3 Å². The molecule has 0 saturated carbocycles. The Morgan fingerprint density at radius 2 is 0.439 bits per heavy atom. The van der Waals surface area contributed by atoms with Crippen molar-refractivity contribution in [3.63, 3.8) is 0 Å². The number of carbonyl (C=O) groups is 3. The number of carbonyl (C=O) groups excluding carboxylic acids is 3. The van der Waals surface area contributed by atoms with Gasteiger partial charge in [-0.1, -0.05) is 154 Å². The number of rotatable bonds is 42. The fourth-order valence-electron chi connectivity index (χ4n) is 7.13. The second-order valence-electron chi connectivity index (χ2n) is 15.8. The number of unbranched alkanes of at least 4 members (excludes halogenated alkanes) is 27. The van der Waals surface area contributed by atoms with Crippen molar-refractivity contribution in [3.05, 3.63) is 34.9 Å². The highest BCUT2D eigenvalue weighted by atomic mass is 35.5. The largest absolute Gasteiger partial charge is 0.352 e. The van der Waals surface area contributed by atoms with Crippen LogP contribution in [0.1, 0.15) is 224 Å².